The van der Waals surface area contributed by atoms with Gasteiger partial charge in [0.05, 0.1) is 33.3 Å². The summed E-state index contributed by atoms with van der Waals surface area (Å²) >= 11 is 0. The van der Waals surface area contributed by atoms with Gasteiger partial charge in [-0.1, -0.05) is 108 Å². The van der Waals surface area contributed by atoms with Gasteiger partial charge in [0.15, 0.2) is 0 Å². The zero-order chi connectivity index (χ0) is 33.3. The monoisotopic (exact) mass is 640 g/mol. The van der Waals surface area contributed by atoms with E-state index in [2.05, 4.69) is 181 Å². The highest BCUT2D eigenvalue weighted by atomic mass is 15.2. The second kappa shape index (κ2) is 11.0. The van der Waals surface area contributed by atoms with Gasteiger partial charge in [-0.3, -0.25) is 4.57 Å². The molecule has 4 heteroatoms. The first-order valence-corrected chi connectivity index (χ1v) is 17.1. The summed E-state index contributed by atoms with van der Waals surface area (Å²) < 4.78 is 4.60. The summed E-state index contributed by atoms with van der Waals surface area (Å²) in [6.07, 6.45) is 0. The number of aromatic nitrogens is 4. The molecule has 7 aromatic carbocycles. The number of nitrogens with zero attached hydrogens (tertiary/aromatic N) is 4. The summed E-state index contributed by atoms with van der Waals surface area (Å²) in [6.45, 7) is 4.29. The van der Waals surface area contributed by atoms with E-state index in [1.54, 1.807) is 0 Å². The highest BCUT2D eigenvalue weighted by molar-refractivity contribution is 6.12. The molecule has 0 unspecified atom stereocenters. The number of fused-ring (bicyclic) bond motifs is 7. The smallest absolute Gasteiger partial charge is 0.235 e. The zero-order valence-corrected chi connectivity index (χ0v) is 27.8. The first-order valence-electron chi connectivity index (χ1n) is 17.1. The molecule has 0 aliphatic rings. The molecule has 0 radical (unpaired) electrons. The van der Waals surface area contributed by atoms with Gasteiger partial charge in [-0.2, -0.15) is 0 Å². The van der Waals surface area contributed by atoms with E-state index in [9.17, 15) is 0 Å². The van der Waals surface area contributed by atoms with E-state index in [1.165, 1.54) is 54.8 Å². The number of hydrogen-bond donors (Lipinski definition) is 0. The lowest BCUT2D eigenvalue weighted by molar-refractivity contribution is 1.01. The Hall–Kier alpha value is -6.52. The van der Waals surface area contributed by atoms with Crippen LogP contribution in [0.2, 0.25) is 0 Å². The molecule has 3 heterocycles. The first kappa shape index (κ1) is 28.5. The van der Waals surface area contributed by atoms with Crippen molar-refractivity contribution in [3.63, 3.8) is 0 Å². The lowest BCUT2D eigenvalue weighted by atomic mass is 10.0. The van der Waals surface area contributed by atoms with Crippen molar-refractivity contribution in [3.05, 3.63) is 169 Å². The molecule has 0 atom stereocenters. The lowest BCUT2D eigenvalue weighted by Crippen LogP contribution is -2.03. The predicted octanol–water partition coefficient (Wildman–Crippen LogP) is 11.8. The van der Waals surface area contributed by atoms with Crippen molar-refractivity contribution >= 4 is 54.5 Å². The molecule has 10 rings (SSSR count). The fraction of sp³-hybridized carbons (Fsp3) is 0.0435. The molecule has 0 aliphatic heterocycles. The average molecular weight is 641 g/mol. The number of para-hydroxylation sites is 4. The second-order valence-corrected chi connectivity index (χ2v) is 13.3. The van der Waals surface area contributed by atoms with Gasteiger partial charge in [-0.25, -0.2) is 9.97 Å². The molecular formula is C46H32N4. The summed E-state index contributed by atoms with van der Waals surface area (Å²) in [4.78, 5) is 10.5. The number of benzene rings is 7. The van der Waals surface area contributed by atoms with Crippen LogP contribution in [0.1, 0.15) is 11.1 Å². The van der Waals surface area contributed by atoms with Crippen molar-refractivity contribution in [1.29, 1.82) is 0 Å². The third-order valence-electron chi connectivity index (χ3n) is 9.98. The van der Waals surface area contributed by atoms with Gasteiger partial charge in [-0.05, 0) is 85.6 Å². The van der Waals surface area contributed by atoms with Crippen LogP contribution in [0.15, 0.2) is 158 Å². The maximum absolute atomic E-state index is 5.32. The Bertz CT molecular complexity index is 2930. The summed E-state index contributed by atoms with van der Waals surface area (Å²) in [5.41, 5.74) is 13.5. The van der Waals surface area contributed by atoms with Crippen LogP contribution in [0.5, 0.6) is 0 Å². The Morgan fingerprint density at radius 1 is 0.380 bits per heavy atom. The summed E-state index contributed by atoms with van der Waals surface area (Å²) in [5, 5.41) is 5.90. The van der Waals surface area contributed by atoms with Crippen LogP contribution in [0, 0.1) is 13.8 Å². The Labute approximate surface area is 289 Å². The van der Waals surface area contributed by atoms with Crippen molar-refractivity contribution in [2.75, 3.05) is 0 Å². The topological polar surface area (TPSA) is 35.6 Å². The Balaban J connectivity index is 1.19. The van der Waals surface area contributed by atoms with Crippen LogP contribution in [0.25, 0.3) is 88.5 Å². The normalized spacial score (nSPS) is 11.8. The molecular weight excluding hydrogens is 609 g/mol. The first-order chi connectivity index (χ1) is 24.6. The molecule has 10 aromatic rings. The molecule has 0 N–H and O–H groups in total. The summed E-state index contributed by atoms with van der Waals surface area (Å²) in [5.74, 6) is 0.672. The summed E-state index contributed by atoms with van der Waals surface area (Å²) in [6, 6.07) is 56.6. The molecule has 0 bridgehead atoms. The Kier molecular flexibility index (Phi) is 6.27. The average Bonchev–Trinajstić information content (AvgIpc) is 3.66. The molecule has 0 spiro atoms. The van der Waals surface area contributed by atoms with Crippen molar-refractivity contribution in [2.45, 2.75) is 13.8 Å². The highest BCUT2D eigenvalue weighted by Gasteiger charge is 2.19. The van der Waals surface area contributed by atoms with E-state index in [-0.39, 0.29) is 0 Å². The third kappa shape index (κ3) is 4.39. The van der Waals surface area contributed by atoms with Crippen LogP contribution in [0.4, 0.5) is 0 Å². The predicted molar refractivity (Wildman–Crippen MR) is 209 cm³/mol. The number of hydrogen-bond acceptors (Lipinski definition) is 2. The fourth-order valence-electron chi connectivity index (χ4n) is 7.87. The van der Waals surface area contributed by atoms with Crippen molar-refractivity contribution in [3.8, 4) is 34.0 Å². The SMILES string of the molecule is Cc1cc(C)cc(-c2nc(-n3c4ccccc4c4cc(-c5ccc6c7ccccc7n(-c7ccccc7)c6c5)ccc43)nc3ccccc23)c1. The molecule has 0 amide bonds. The number of rotatable bonds is 4. The van der Waals surface area contributed by atoms with Crippen LogP contribution in [-0.4, -0.2) is 19.1 Å². The van der Waals surface area contributed by atoms with Gasteiger partial charge in [0.1, 0.15) is 0 Å². The van der Waals surface area contributed by atoms with Crippen LogP contribution in [0.3, 0.4) is 0 Å². The highest BCUT2D eigenvalue weighted by Crippen LogP contribution is 2.38. The molecule has 0 fully saturated rings. The van der Waals surface area contributed by atoms with Crippen molar-refractivity contribution in [1.82, 2.24) is 19.1 Å². The zero-order valence-electron chi connectivity index (χ0n) is 27.8. The van der Waals surface area contributed by atoms with Crippen LogP contribution in [-0.2, 0) is 0 Å². The number of aryl methyl sites for hydroxylation is 2. The Morgan fingerprint density at radius 3 is 1.74 bits per heavy atom. The third-order valence-corrected chi connectivity index (χ3v) is 9.98. The second-order valence-electron chi connectivity index (χ2n) is 13.3. The largest absolute Gasteiger partial charge is 0.309 e. The van der Waals surface area contributed by atoms with Crippen LogP contribution >= 0.6 is 0 Å². The van der Waals surface area contributed by atoms with Crippen LogP contribution < -0.4 is 0 Å². The van der Waals surface area contributed by atoms with Gasteiger partial charge in [0.2, 0.25) is 5.95 Å². The van der Waals surface area contributed by atoms with Gasteiger partial charge in [-0.15, -0.1) is 0 Å². The van der Waals surface area contributed by atoms with E-state index in [0.29, 0.717) is 5.95 Å². The van der Waals surface area contributed by atoms with E-state index in [0.717, 1.165) is 38.9 Å². The molecule has 4 nitrogen and oxygen atoms in total. The molecule has 3 aromatic heterocycles. The van der Waals surface area contributed by atoms with E-state index < -0.39 is 0 Å². The minimum Gasteiger partial charge on any atom is -0.309 e. The van der Waals surface area contributed by atoms with E-state index in [4.69, 9.17) is 9.97 Å². The molecule has 236 valence electrons. The maximum atomic E-state index is 5.32. The molecule has 0 saturated heterocycles. The van der Waals surface area contributed by atoms with Gasteiger partial charge in [0.25, 0.3) is 0 Å². The van der Waals surface area contributed by atoms with E-state index in [1.807, 2.05) is 0 Å². The quantitative estimate of drug-likeness (QED) is 0.192. The standard InChI is InChI=1S/C46H32N4/c1-29-24-30(2)26-33(25-29)45-38-16-6-9-17-40(38)47-46(48-45)50-42-19-11-8-15-36(42)39-27-31(21-23-43(39)50)32-20-22-37-35-14-7-10-18-41(35)49(44(37)28-32)34-12-4-3-5-13-34/h3-28H,1-2H3. The molecule has 0 aliphatic carbocycles. The van der Waals surface area contributed by atoms with Gasteiger partial charge >= 0.3 is 0 Å². The van der Waals surface area contributed by atoms with Crippen molar-refractivity contribution in [2.24, 2.45) is 0 Å². The lowest BCUT2D eigenvalue weighted by Gasteiger charge is -2.13. The van der Waals surface area contributed by atoms with Gasteiger partial charge in [0, 0.05) is 38.2 Å². The minimum atomic E-state index is 0.672. The van der Waals surface area contributed by atoms with Crippen molar-refractivity contribution < 1.29 is 0 Å². The minimum absolute atomic E-state index is 0.672. The Morgan fingerprint density at radius 2 is 0.960 bits per heavy atom. The summed E-state index contributed by atoms with van der Waals surface area (Å²) in [7, 11) is 0. The fourth-order valence-corrected chi connectivity index (χ4v) is 7.87. The molecule has 50 heavy (non-hydrogen) atoms. The maximum Gasteiger partial charge on any atom is 0.235 e. The van der Waals surface area contributed by atoms with E-state index >= 15 is 0 Å². The molecule has 0 saturated carbocycles. The van der Waals surface area contributed by atoms with Gasteiger partial charge < -0.3 is 4.57 Å².